The summed E-state index contributed by atoms with van der Waals surface area (Å²) >= 11 is 3.17. The summed E-state index contributed by atoms with van der Waals surface area (Å²) in [5.74, 6) is -1.78. The summed E-state index contributed by atoms with van der Waals surface area (Å²) in [6.07, 6.45) is 0. The molecule has 0 saturated heterocycles. The average Bonchev–Trinajstić information content (AvgIpc) is 2.32. The fourth-order valence-corrected chi connectivity index (χ4v) is 1.85. The van der Waals surface area contributed by atoms with Gasteiger partial charge >= 0.3 is 0 Å². The van der Waals surface area contributed by atoms with Gasteiger partial charge in [0.15, 0.2) is 11.6 Å². The number of benzene rings is 2. The molecule has 0 radical (unpaired) electrons. The molecule has 2 rings (SSSR count). The molecule has 0 saturated carbocycles. The highest BCUT2D eigenvalue weighted by molar-refractivity contribution is 9.10. The van der Waals surface area contributed by atoms with Crippen molar-refractivity contribution in [2.75, 3.05) is 0 Å². The first-order valence-electron chi connectivity index (χ1n) is 5.08. The Morgan fingerprint density at radius 3 is 2.33 bits per heavy atom. The summed E-state index contributed by atoms with van der Waals surface area (Å²) in [6.45, 7) is 0.0151. The molecule has 2 aromatic rings. The van der Waals surface area contributed by atoms with E-state index >= 15 is 0 Å². The predicted octanol–water partition coefficient (Wildman–Crippen LogP) is 4.45. The van der Waals surface area contributed by atoms with E-state index in [9.17, 15) is 13.2 Å². The molecule has 0 bridgehead atoms. The maximum atomic E-state index is 13.3. The van der Waals surface area contributed by atoms with Crippen molar-refractivity contribution in [2.45, 2.75) is 6.61 Å². The van der Waals surface area contributed by atoms with Gasteiger partial charge in [-0.25, -0.2) is 13.2 Å². The Hall–Kier alpha value is -1.49. The van der Waals surface area contributed by atoms with Gasteiger partial charge in [0.05, 0.1) is 0 Å². The first-order chi connectivity index (χ1) is 8.56. The van der Waals surface area contributed by atoms with Crippen LogP contribution >= 0.6 is 15.9 Å². The molecule has 0 aliphatic rings. The van der Waals surface area contributed by atoms with Crippen LogP contribution < -0.4 is 4.74 Å². The van der Waals surface area contributed by atoms with Gasteiger partial charge < -0.3 is 4.74 Å². The second-order valence-electron chi connectivity index (χ2n) is 3.60. The fraction of sp³-hybridized carbons (Fsp3) is 0.0769. The smallest absolute Gasteiger partial charge is 0.165 e. The van der Waals surface area contributed by atoms with Gasteiger partial charge in [0.1, 0.15) is 18.2 Å². The minimum atomic E-state index is -0.644. The molecule has 18 heavy (non-hydrogen) atoms. The van der Waals surface area contributed by atoms with Crippen LogP contribution in [0.2, 0.25) is 0 Å². The van der Waals surface area contributed by atoms with Crippen LogP contribution in [-0.2, 0) is 6.61 Å². The zero-order valence-corrected chi connectivity index (χ0v) is 10.7. The van der Waals surface area contributed by atoms with Crippen LogP contribution in [0.5, 0.6) is 5.75 Å². The van der Waals surface area contributed by atoms with E-state index in [1.54, 1.807) is 0 Å². The molecule has 0 unspecified atom stereocenters. The highest BCUT2D eigenvalue weighted by atomic mass is 79.9. The first-order valence-corrected chi connectivity index (χ1v) is 5.87. The molecule has 0 amide bonds. The second kappa shape index (κ2) is 5.44. The monoisotopic (exact) mass is 316 g/mol. The Bertz CT molecular complexity index is 572. The minimum absolute atomic E-state index is 0.0151. The summed E-state index contributed by atoms with van der Waals surface area (Å²) in [6, 6.07) is 7.02. The van der Waals surface area contributed by atoms with Crippen LogP contribution in [0.1, 0.15) is 5.56 Å². The first kappa shape index (κ1) is 13.0. The quantitative estimate of drug-likeness (QED) is 0.813. The molecule has 0 aromatic heterocycles. The standard InChI is InChI=1S/C13H8BrF3O/c14-11-5-9(15)2-1-8(11)7-18-13-6-10(16)3-4-12(13)17/h1-6H,7H2. The minimum Gasteiger partial charge on any atom is -0.486 e. The van der Waals surface area contributed by atoms with Crippen molar-refractivity contribution in [2.24, 2.45) is 0 Å². The lowest BCUT2D eigenvalue weighted by Crippen LogP contribution is -1.99. The van der Waals surface area contributed by atoms with E-state index in [0.29, 0.717) is 10.0 Å². The third-order valence-electron chi connectivity index (χ3n) is 2.29. The van der Waals surface area contributed by atoms with Gasteiger partial charge in [-0.15, -0.1) is 0 Å². The van der Waals surface area contributed by atoms with Crippen molar-refractivity contribution in [3.05, 3.63) is 63.9 Å². The molecule has 1 nitrogen and oxygen atoms in total. The number of rotatable bonds is 3. The Morgan fingerprint density at radius 1 is 0.944 bits per heavy atom. The van der Waals surface area contributed by atoms with Crippen LogP contribution in [0.3, 0.4) is 0 Å². The lowest BCUT2D eigenvalue weighted by Gasteiger charge is -2.08. The highest BCUT2D eigenvalue weighted by Crippen LogP contribution is 2.22. The van der Waals surface area contributed by atoms with Crippen molar-refractivity contribution in [1.29, 1.82) is 0 Å². The predicted molar refractivity (Wildman–Crippen MR) is 64.8 cm³/mol. The summed E-state index contributed by atoms with van der Waals surface area (Å²) in [7, 11) is 0. The zero-order chi connectivity index (χ0) is 13.1. The topological polar surface area (TPSA) is 9.23 Å². The van der Waals surface area contributed by atoms with E-state index in [1.807, 2.05) is 0 Å². The van der Waals surface area contributed by atoms with Gasteiger partial charge in [0, 0.05) is 16.1 Å². The van der Waals surface area contributed by atoms with Gasteiger partial charge in [0.25, 0.3) is 0 Å². The zero-order valence-electron chi connectivity index (χ0n) is 9.09. The summed E-state index contributed by atoms with van der Waals surface area (Å²) in [5, 5.41) is 0. The fourth-order valence-electron chi connectivity index (χ4n) is 1.38. The molecule has 2 aromatic carbocycles. The summed E-state index contributed by atoms with van der Waals surface area (Å²) in [5.41, 5.74) is 0.639. The van der Waals surface area contributed by atoms with Crippen LogP contribution in [0.15, 0.2) is 40.9 Å². The molecular formula is C13H8BrF3O. The molecule has 5 heteroatoms. The largest absolute Gasteiger partial charge is 0.486 e. The Morgan fingerprint density at radius 2 is 1.61 bits per heavy atom. The van der Waals surface area contributed by atoms with E-state index in [0.717, 1.165) is 18.2 Å². The van der Waals surface area contributed by atoms with Crippen LogP contribution in [0, 0.1) is 17.5 Å². The number of ether oxygens (including phenoxy) is 1. The van der Waals surface area contributed by atoms with Gasteiger partial charge in [-0.2, -0.15) is 0 Å². The van der Waals surface area contributed by atoms with E-state index in [2.05, 4.69) is 15.9 Å². The van der Waals surface area contributed by atoms with E-state index < -0.39 is 11.6 Å². The highest BCUT2D eigenvalue weighted by Gasteiger charge is 2.07. The maximum absolute atomic E-state index is 13.3. The van der Waals surface area contributed by atoms with E-state index in [1.165, 1.54) is 18.2 Å². The van der Waals surface area contributed by atoms with Crippen LogP contribution in [0.25, 0.3) is 0 Å². The lowest BCUT2D eigenvalue weighted by molar-refractivity contribution is 0.287. The summed E-state index contributed by atoms with van der Waals surface area (Å²) < 4.78 is 44.7. The third kappa shape index (κ3) is 3.04. The third-order valence-corrected chi connectivity index (χ3v) is 3.03. The average molecular weight is 317 g/mol. The molecule has 0 aliphatic heterocycles. The lowest BCUT2D eigenvalue weighted by atomic mass is 10.2. The number of hydrogen-bond donors (Lipinski definition) is 0. The van der Waals surface area contributed by atoms with Crippen molar-refractivity contribution >= 4 is 15.9 Å². The second-order valence-corrected chi connectivity index (χ2v) is 4.45. The molecule has 0 atom stereocenters. The number of halogens is 4. The van der Waals surface area contributed by atoms with Gasteiger partial charge in [-0.1, -0.05) is 22.0 Å². The van der Waals surface area contributed by atoms with Gasteiger partial charge in [0.2, 0.25) is 0 Å². The molecule has 0 spiro atoms. The van der Waals surface area contributed by atoms with Crippen LogP contribution in [-0.4, -0.2) is 0 Å². The van der Waals surface area contributed by atoms with Gasteiger partial charge in [-0.05, 0) is 24.3 Å². The van der Waals surface area contributed by atoms with Crippen LogP contribution in [0.4, 0.5) is 13.2 Å². The van der Waals surface area contributed by atoms with Crippen molar-refractivity contribution in [3.63, 3.8) is 0 Å². The van der Waals surface area contributed by atoms with Crippen molar-refractivity contribution in [3.8, 4) is 5.75 Å². The molecule has 0 heterocycles. The normalized spacial score (nSPS) is 10.4. The van der Waals surface area contributed by atoms with Gasteiger partial charge in [-0.3, -0.25) is 0 Å². The summed E-state index contributed by atoms with van der Waals surface area (Å²) in [4.78, 5) is 0. The molecular weight excluding hydrogens is 309 g/mol. The number of hydrogen-bond acceptors (Lipinski definition) is 1. The van der Waals surface area contributed by atoms with Crippen molar-refractivity contribution in [1.82, 2.24) is 0 Å². The Kier molecular flexibility index (Phi) is 3.91. The molecule has 0 fully saturated rings. The Labute approximate surface area is 110 Å². The molecule has 0 N–H and O–H groups in total. The van der Waals surface area contributed by atoms with Crippen molar-refractivity contribution < 1.29 is 17.9 Å². The molecule has 94 valence electrons. The van der Waals surface area contributed by atoms with E-state index in [-0.39, 0.29) is 18.2 Å². The Balaban J connectivity index is 2.13. The SMILES string of the molecule is Fc1ccc(COc2cc(F)ccc2F)c(Br)c1. The molecule has 0 aliphatic carbocycles. The maximum Gasteiger partial charge on any atom is 0.165 e. The van der Waals surface area contributed by atoms with E-state index in [4.69, 9.17) is 4.74 Å².